The highest BCUT2D eigenvalue weighted by atomic mass is 32.2. The van der Waals surface area contributed by atoms with Gasteiger partial charge in [-0.1, -0.05) is 0 Å². The summed E-state index contributed by atoms with van der Waals surface area (Å²) in [5.74, 6) is 3.08. The van der Waals surface area contributed by atoms with Crippen LogP contribution in [0.15, 0.2) is 0 Å². The van der Waals surface area contributed by atoms with E-state index in [1.165, 1.54) is 11.5 Å². The van der Waals surface area contributed by atoms with Crippen LogP contribution in [0.4, 0.5) is 0 Å². The van der Waals surface area contributed by atoms with Gasteiger partial charge in [-0.15, -0.1) is 0 Å². The second-order valence-corrected chi connectivity index (χ2v) is 7.96. The Morgan fingerprint density at radius 1 is 1.31 bits per heavy atom. The molecule has 0 aromatic carbocycles. The van der Waals surface area contributed by atoms with Crippen LogP contribution in [-0.2, 0) is 9.84 Å². The molecule has 0 saturated carbocycles. The first-order valence-electron chi connectivity index (χ1n) is 5.90. The number of thioether (sulfide) groups is 1. The quantitative estimate of drug-likeness (QED) is 0.766. The zero-order chi connectivity index (χ0) is 11.4. The first-order chi connectivity index (χ1) is 7.66. The summed E-state index contributed by atoms with van der Waals surface area (Å²) in [6, 6.07) is 0.174. The van der Waals surface area contributed by atoms with Crippen molar-refractivity contribution in [3.8, 4) is 0 Å². The van der Waals surface area contributed by atoms with E-state index in [1.54, 1.807) is 0 Å². The molecule has 0 amide bonds. The summed E-state index contributed by atoms with van der Waals surface area (Å²) >= 11 is 2.01. The Morgan fingerprint density at radius 3 is 2.75 bits per heavy atom. The van der Waals surface area contributed by atoms with E-state index in [-0.39, 0.29) is 6.04 Å². The average Bonchev–Trinajstić information content (AvgIpc) is 2.27. The summed E-state index contributed by atoms with van der Waals surface area (Å²) in [5.41, 5.74) is 0. The fraction of sp³-hybridized carbons (Fsp3) is 1.00. The van der Waals surface area contributed by atoms with E-state index in [9.17, 15) is 8.42 Å². The van der Waals surface area contributed by atoms with E-state index in [2.05, 4.69) is 10.2 Å². The minimum absolute atomic E-state index is 0.174. The highest BCUT2D eigenvalue weighted by molar-refractivity contribution is 7.99. The standard InChI is InChI=1S/C10H20N2O2S2/c13-16(14)8-2-11-10(9-16)1-3-12-4-6-15-7-5-12/h10-11H,1-9H2. The Bertz CT molecular complexity index is 313. The van der Waals surface area contributed by atoms with Gasteiger partial charge in [0.05, 0.1) is 11.5 Å². The Morgan fingerprint density at radius 2 is 2.06 bits per heavy atom. The molecule has 1 atom stereocenters. The van der Waals surface area contributed by atoms with Crippen molar-refractivity contribution in [3.63, 3.8) is 0 Å². The molecular weight excluding hydrogens is 244 g/mol. The fourth-order valence-electron chi connectivity index (χ4n) is 2.22. The van der Waals surface area contributed by atoms with Gasteiger partial charge >= 0.3 is 0 Å². The molecule has 0 aliphatic carbocycles. The fourth-order valence-corrected chi connectivity index (χ4v) is 4.69. The van der Waals surface area contributed by atoms with Crippen LogP contribution in [0.5, 0.6) is 0 Å². The van der Waals surface area contributed by atoms with E-state index < -0.39 is 9.84 Å². The van der Waals surface area contributed by atoms with Gasteiger partial charge in [-0.3, -0.25) is 0 Å². The molecule has 94 valence electrons. The van der Waals surface area contributed by atoms with Crippen molar-refractivity contribution in [2.75, 3.05) is 49.2 Å². The molecule has 1 N–H and O–H groups in total. The van der Waals surface area contributed by atoms with Crippen LogP contribution < -0.4 is 5.32 Å². The van der Waals surface area contributed by atoms with Crippen LogP contribution in [0.25, 0.3) is 0 Å². The molecule has 16 heavy (non-hydrogen) atoms. The first kappa shape index (κ1) is 12.7. The zero-order valence-corrected chi connectivity index (χ0v) is 11.2. The molecule has 1 unspecified atom stereocenters. The molecule has 4 nitrogen and oxygen atoms in total. The monoisotopic (exact) mass is 264 g/mol. The molecule has 2 rings (SSSR count). The molecule has 0 aromatic heterocycles. The van der Waals surface area contributed by atoms with Crippen molar-refractivity contribution >= 4 is 21.6 Å². The average molecular weight is 264 g/mol. The SMILES string of the molecule is O=S1(=O)CCNC(CCN2CCSCC2)C1. The van der Waals surface area contributed by atoms with Crippen molar-refractivity contribution in [3.05, 3.63) is 0 Å². The molecule has 2 aliphatic rings. The largest absolute Gasteiger partial charge is 0.312 e. The summed E-state index contributed by atoms with van der Waals surface area (Å²) in [6.45, 7) is 3.98. The molecule has 0 bridgehead atoms. The van der Waals surface area contributed by atoms with Gasteiger partial charge in [0.1, 0.15) is 0 Å². The van der Waals surface area contributed by atoms with E-state index in [4.69, 9.17) is 0 Å². The van der Waals surface area contributed by atoms with Gasteiger partial charge in [0.25, 0.3) is 0 Å². The number of hydrogen-bond acceptors (Lipinski definition) is 5. The number of sulfone groups is 1. The summed E-state index contributed by atoms with van der Waals surface area (Å²) in [7, 11) is -2.77. The number of nitrogens with one attached hydrogen (secondary N) is 1. The van der Waals surface area contributed by atoms with Crippen LogP contribution in [0.3, 0.4) is 0 Å². The van der Waals surface area contributed by atoms with Crippen LogP contribution in [0, 0.1) is 0 Å². The van der Waals surface area contributed by atoms with Gasteiger partial charge in [0.2, 0.25) is 0 Å². The lowest BCUT2D eigenvalue weighted by atomic mass is 10.2. The van der Waals surface area contributed by atoms with Crippen molar-refractivity contribution in [1.29, 1.82) is 0 Å². The van der Waals surface area contributed by atoms with Gasteiger partial charge in [0, 0.05) is 37.2 Å². The van der Waals surface area contributed by atoms with Crippen molar-refractivity contribution in [1.82, 2.24) is 10.2 Å². The van der Waals surface area contributed by atoms with Crippen molar-refractivity contribution in [2.24, 2.45) is 0 Å². The third-order valence-corrected chi connectivity index (χ3v) is 5.88. The van der Waals surface area contributed by atoms with Gasteiger partial charge in [-0.2, -0.15) is 11.8 Å². The van der Waals surface area contributed by atoms with Crippen LogP contribution in [0.2, 0.25) is 0 Å². The van der Waals surface area contributed by atoms with Crippen molar-refractivity contribution in [2.45, 2.75) is 12.5 Å². The smallest absolute Gasteiger partial charge is 0.153 e. The third kappa shape index (κ3) is 3.91. The topological polar surface area (TPSA) is 49.4 Å². The van der Waals surface area contributed by atoms with Crippen LogP contribution in [0.1, 0.15) is 6.42 Å². The Balaban J connectivity index is 1.72. The number of nitrogens with zero attached hydrogens (tertiary/aromatic N) is 1. The summed E-state index contributed by atoms with van der Waals surface area (Å²) < 4.78 is 22.9. The zero-order valence-electron chi connectivity index (χ0n) is 9.52. The molecule has 0 radical (unpaired) electrons. The minimum atomic E-state index is -2.77. The van der Waals surface area contributed by atoms with Crippen molar-refractivity contribution < 1.29 is 8.42 Å². The van der Waals surface area contributed by atoms with Gasteiger partial charge in [0.15, 0.2) is 9.84 Å². The van der Waals surface area contributed by atoms with E-state index >= 15 is 0 Å². The summed E-state index contributed by atoms with van der Waals surface area (Å²) in [6.07, 6.45) is 0.962. The van der Waals surface area contributed by atoms with E-state index in [0.717, 1.165) is 26.1 Å². The predicted octanol–water partition coefficient (Wildman–Crippen LogP) is -0.188. The number of rotatable bonds is 3. The lowest BCUT2D eigenvalue weighted by Crippen LogP contribution is -2.47. The number of hydrogen-bond donors (Lipinski definition) is 1. The molecular formula is C10H20N2O2S2. The van der Waals surface area contributed by atoms with E-state index in [0.29, 0.717) is 18.1 Å². The third-order valence-electron chi connectivity index (χ3n) is 3.20. The molecule has 2 aliphatic heterocycles. The van der Waals surface area contributed by atoms with Gasteiger partial charge in [-0.05, 0) is 13.0 Å². The second kappa shape index (κ2) is 5.71. The Hall–Kier alpha value is 0.220. The second-order valence-electron chi connectivity index (χ2n) is 4.51. The van der Waals surface area contributed by atoms with Crippen LogP contribution in [-0.4, -0.2) is 68.5 Å². The maximum absolute atomic E-state index is 11.5. The normalized spacial score (nSPS) is 31.4. The molecule has 6 heteroatoms. The van der Waals surface area contributed by atoms with Gasteiger partial charge < -0.3 is 10.2 Å². The molecule has 2 fully saturated rings. The highest BCUT2D eigenvalue weighted by Crippen LogP contribution is 2.11. The molecule has 2 saturated heterocycles. The predicted molar refractivity (Wildman–Crippen MR) is 68.8 cm³/mol. The lowest BCUT2D eigenvalue weighted by Gasteiger charge is -2.29. The molecule has 0 spiro atoms. The minimum Gasteiger partial charge on any atom is -0.312 e. The highest BCUT2D eigenvalue weighted by Gasteiger charge is 2.24. The Labute approximate surface area is 102 Å². The van der Waals surface area contributed by atoms with Gasteiger partial charge in [-0.25, -0.2) is 8.42 Å². The first-order valence-corrected chi connectivity index (χ1v) is 8.87. The molecule has 2 heterocycles. The maximum atomic E-state index is 11.5. The summed E-state index contributed by atoms with van der Waals surface area (Å²) in [5, 5.41) is 3.30. The Kier molecular flexibility index (Phi) is 4.52. The lowest BCUT2D eigenvalue weighted by molar-refractivity contribution is 0.283. The van der Waals surface area contributed by atoms with Crippen LogP contribution >= 0.6 is 11.8 Å². The van der Waals surface area contributed by atoms with E-state index in [1.807, 2.05) is 11.8 Å². The molecule has 0 aromatic rings. The summed E-state index contributed by atoms with van der Waals surface area (Å²) in [4.78, 5) is 2.44. The maximum Gasteiger partial charge on any atom is 0.153 e.